The number of carbonyl (C=O) groups is 2. The maximum atomic E-state index is 11.7. The van der Waals surface area contributed by atoms with Gasteiger partial charge in [0.05, 0.1) is 12.5 Å². The van der Waals surface area contributed by atoms with Crippen LogP contribution in [0.1, 0.15) is 49.7 Å². The number of aliphatic carboxylic acids is 1. The molecule has 0 bridgehead atoms. The van der Waals surface area contributed by atoms with Gasteiger partial charge in [0.2, 0.25) is 11.8 Å². The van der Waals surface area contributed by atoms with E-state index in [0.717, 1.165) is 12.8 Å². The van der Waals surface area contributed by atoms with Gasteiger partial charge in [-0.15, -0.1) is 0 Å². The fourth-order valence-electron chi connectivity index (χ4n) is 2.93. The third-order valence-electron chi connectivity index (χ3n) is 4.08. The molecule has 20 heavy (non-hydrogen) atoms. The summed E-state index contributed by atoms with van der Waals surface area (Å²) in [5, 5.41) is 12.8. The summed E-state index contributed by atoms with van der Waals surface area (Å²) in [4.78, 5) is 28.5. The molecule has 0 spiro atoms. The van der Waals surface area contributed by atoms with Crippen molar-refractivity contribution >= 4 is 11.9 Å². The van der Waals surface area contributed by atoms with Crippen LogP contribution in [0.2, 0.25) is 0 Å². The SMILES string of the molecule is O=C(O)[C@@H]1CC(=O)N(Cc2noc(C3CCCC3)n2)C1. The van der Waals surface area contributed by atoms with Crippen LogP contribution in [-0.4, -0.2) is 38.6 Å². The third kappa shape index (κ3) is 2.52. The number of aromatic nitrogens is 2. The lowest BCUT2D eigenvalue weighted by molar-refractivity contribution is -0.141. The molecule has 1 saturated carbocycles. The molecule has 0 aromatic carbocycles. The van der Waals surface area contributed by atoms with Crippen LogP contribution in [0.5, 0.6) is 0 Å². The molecule has 2 fully saturated rings. The van der Waals surface area contributed by atoms with Crippen molar-refractivity contribution in [2.24, 2.45) is 5.92 Å². The third-order valence-corrected chi connectivity index (χ3v) is 4.08. The highest BCUT2D eigenvalue weighted by molar-refractivity contribution is 5.85. The molecule has 1 aromatic heterocycles. The first-order chi connectivity index (χ1) is 9.63. The van der Waals surface area contributed by atoms with E-state index in [4.69, 9.17) is 9.63 Å². The second-order valence-electron chi connectivity index (χ2n) is 5.54. The molecule has 1 saturated heterocycles. The van der Waals surface area contributed by atoms with E-state index in [0.29, 0.717) is 17.6 Å². The zero-order valence-corrected chi connectivity index (χ0v) is 11.1. The van der Waals surface area contributed by atoms with E-state index in [1.165, 1.54) is 17.7 Å². The summed E-state index contributed by atoms with van der Waals surface area (Å²) in [6, 6.07) is 0. The first-order valence-electron chi connectivity index (χ1n) is 6.96. The van der Waals surface area contributed by atoms with Gasteiger partial charge in [0.25, 0.3) is 0 Å². The van der Waals surface area contributed by atoms with Gasteiger partial charge in [-0.05, 0) is 12.8 Å². The number of carboxylic acid groups (broad SMARTS) is 1. The molecule has 7 heteroatoms. The van der Waals surface area contributed by atoms with Crippen molar-refractivity contribution in [2.45, 2.75) is 44.6 Å². The summed E-state index contributed by atoms with van der Waals surface area (Å²) in [5.41, 5.74) is 0. The van der Waals surface area contributed by atoms with E-state index < -0.39 is 11.9 Å². The zero-order chi connectivity index (χ0) is 14.1. The minimum absolute atomic E-state index is 0.0582. The number of hydrogen-bond acceptors (Lipinski definition) is 5. The average molecular weight is 279 g/mol. The molecule has 1 aliphatic carbocycles. The molecule has 1 atom stereocenters. The summed E-state index contributed by atoms with van der Waals surface area (Å²) < 4.78 is 5.25. The number of rotatable bonds is 4. The van der Waals surface area contributed by atoms with Gasteiger partial charge in [-0.25, -0.2) is 0 Å². The molecule has 7 nitrogen and oxygen atoms in total. The molecule has 2 heterocycles. The monoisotopic (exact) mass is 279 g/mol. The van der Waals surface area contributed by atoms with Crippen LogP contribution in [0, 0.1) is 5.92 Å². The topological polar surface area (TPSA) is 96.5 Å². The number of carboxylic acids is 1. The van der Waals surface area contributed by atoms with E-state index in [1.807, 2.05) is 0 Å². The molecule has 3 rings (SSSR count). The van der Waals surface area contributed by atoms with Crippen molar-refractivity contribution in [3.8, 4) is 0 Å². The molecule has 0 radical (unpaired) electrons. The fraction of sp³-hybridized carbons (Fsp3) is 0.692. The average Bonchev–Trinajstić information content (AvgIpc) is 3.11. The Bertz CT molecular complexity index is 521. The van der Waals surface area contributed by atoms with Crippen LogP contribution < -0.4 is 0 Å². The molecule has 108 valence electrons. The van der Waals surface area contributed by atoms with Gasteiger partial charge in [-0.2, -0.15) is 4.98 Å². The number of amides is 1. The van der Waals surface area contributed by atoms with Crippen molar-refractivity contribution in [3.05, 3.63) is 11.7 Å². The molecule has 2 aliphatic rings. The quantitative estimate of drug-likeness (QED) is 0.888. The van der Waals surface area contributed by atoms with Crippen molar-refractivity contribution in [1.82, 2.24) is 15.0 Å². The van der Waals surface area contributed by atoms with Gasteiger partial charge < -0.3 is 14.5 Å². The second-order valence-corrected chi connectivity index (χ2v) is 5.54. The summed E-state index contributed by atoms with van der Waals surface area (Å²) in [6.45, 7) is 0.459. The standard InChI is InChI=1S/C13H17N3O4/c17-11-5-9(13(18)19)6-16(11)7-10-14-12(20-15-10)8-3-1-2-4-8/h8-9H,1-7H2,(H,18,19)/t9-/m1/s1. The molecule has 1 amide bonds. The summed E-state index contributed by atoms with van der Waals surface area (Å²) in [7, 11) is 0. The van der Waals surface area contributed by atoms with Crippen molar-refractivity contribution in [3.63, 3.8) is 0 Å². The van der Waals surface area contributed by atoms with Gasteiger partial charge in [0.1, 0.15) is 0 Å². The summed E-state index contributed by atoms with van der Waals surface area (Å²) in [5.74, 6) is -0.253. The molecular formula is C13H17N3O4. The smallest absolute Gasteiger partial charge is 0.308 e. The van der Waals surface area contributed by atoms with Crippen molar-refractivity contribution < 1.29 is 19.2 Å². The summed E-state index contributed by atoms with van der Waals surface area (Å²) >= 11 is 0. The van der Waals surface area contributed by atoms with E-state index in [2.05, 4.69) is 10.1 Å². The van der Waals surface area contributed by atoms with Gasteiger partial charge in [-0.3, -0.25) is 9.59 Å². The van der Waals surface area contributed by atoms with Crippen LogP contribution in [0.25, 0.3) is 0 Å². The highest BCUT2D eigenvalue weighted by Crippen LogP contribution is 2.33. The summed E-state index contributed by atoms with van der Waals surface area (Å²) in [6.07, 6.45) is 4.58. The second kappa shape index (κ2) is 5.22. The largest absolute Gasteiger partial charge is 0.481 e. The number of hydrogen-bond donors (Lipinski definition) is 1. The number of carbonyl (C=O) groups excluding carboxylic acids is 1. The Kier molecular flexibility index (Phi) is 3.42. The molecular weight excluding hydrogens is 262 g/mol. The molecule has 0 unspecified atom stereocenters. The molecule has 1 aromatic rings. The first-order valence-corrected chi connectivity index (χ1v) is 6.96. The zero-order valence-electron chi connectivity index (χ0n) is 11.1. The Balaban J connectivity index is 1.63. The minimum Gasteiger partial charge on any atom is -0.481 e. The van der Waals surface area contributed by atoms with E-state index in [-0.39, 0.29) is 25.4 Å². The van der Waals surface area contributed by atoms with Gasteiger partial charge >= 0.3 is 5.97 Å². The highest BCUT2D eigenvalue weighted by atomic mass is 16.5. The van der Waals surface area contributed by atoms with Crippen LogP contribution in [0.15, 0.2) is 4.52 Å². The van der Waals surface area contributed by atoms with Gasteiger partial charge in [-0.1, -0.05) is 18.0 Å². The van der Waals surface area contributed by atoms with Gasteiger partial charge in [0.15, 0.2) is 5.82 Å². The van der Waals surface area contributed by atoms with Crippen LogP contribution >= 0.6 is 0 Å². The minimum atomic E-state index is -0.930. The predicted octanol–water partition coefficient (Wildman–Crippen LogP) is 1.16. The van der Waals surface area contributed by atoms with E-state index in [1.54, 1.807) is 0 Å². The lowest BCUT2D eigenvalue weighted by Gasteiger charge is -2.12. The Morgan fingerprint density at radius 2 is 2.15 bits per heavy atom. The van der Waals surface area contributed by atoms with Crippen molar-refractivity contribution in [2.75, 3.05) is 6.54 Å². The normalized spacial score (nSPS) is 23.7. The highest BCUT2D eigenvalue weighted by Gasteiger charge is 2.35. The maximum Gasteiger partial charge on any atom is 0.308 e. The lowest BCUT2D eigenvalue weighted by Crippen LogP contribution is -2.26. The van der Waals surface area contributed by atoms with Crippen LogP contribution in [0.4, 0.5) is 0 Å². The first kappa shape index (κ1) is 13.1. The number of nitrogens with zero attached hydrogens (tertiary/aromatic N) is 3. The van der Waals surface area contributed by atoms with Crippen LogP contribution in [-0.2, 0) is 16.1 Å². The van der Waals surface area contributed by atoms with Gasteiger partial charge in [0, 0.05) is 18.9 Å². The molecule has 1 N–H and O–H groups in total. The van der Waals surface area contributed by atoms with E-state index in [9.17, 15) is 9.59 Å². The predicted molar refractivity (Wildman–Crippen MR) is 66.7 cm³/mol. The maximum absolute atomic E-state index is 11.7. The Hall–Kier alpha value is -1.92. The fourth-order valence-corrected chi connectivity index (χ4v) is 2.93. The van der Waals surface area contributed by atoms with Crippen molar-refractivity contribution in [1.29, 1.82) is 0 Å². The Morgan fingerprint density at radius 3 is 2.80 bits per heavy atom. The Labute approximate surface area is 115 Å². The van der Waals surface area contributed by atoms with E-state index >= 15 is 0 Å². The van der Waals surface area contributed by atoms with Crippen LogP contribution in [0.3, 0.4) is 0 Å². The molecule has 1 aliphatic heterocycles. The Morgan fingerprint density at radius 1 is 1.40 bits per heavy atom. The number of likely N-dealkylation sites (tertiary alicyclic amines) is 1. The lowest BCUT2D eigenvalue weighted by atomic mass is 10.1.